The molecule has 3 aromatic rings. The summed E-state index contributed by atoms with van der Waals surface area (Å²) in [5.74, 6) is 0.671. The van der Waals surface area contributed by atoms with Crippen LogP contribution in [0.2, 0.25) is 0 Å². The molecule has 0 bridgehead atoms. The second kappa shape index (κ2) is 7.11. The van der Waals surface area contributed by atoms with Crippen LogP contribution in [0.15, 0.2) is 36.8 Å². The Balaban J connectivity index is 1.56. The van der Waals surface area contributed by atoms with Gasteiger partial charge in [-0.05, 0) is 37.5 Å². The molecule has 2 heterocycles. The molecule has 0 aliphatic heterocycles. The highest BCUT2D eigenvalue weighted by Crippen LogP contribution is 2.24. The third kappa shape index (κ3) is 3.24. The summed E-state index contributed by atoms with van der Waals surface area (Å²) in [4.78, 5) is 21.0. The molecule has 1 fully saturated rings. The van der Waals surface area contributed by atoms with Crippen LogP contribution in [0.5, 0.6) is 0 Å². The lowest BCUT2D eigenvalue weighted by Crippen LogP contribution is -2.36. The van der Waals surface area contributed by atoms with Crippen LogP contribution >= 0.6 is 0 Å². The molecule has 1 saturated carbocycles. The van der Waals surface area contributed by atoms with Crippen molar-refractivity contribution in [1.82, 2.24) is 25.2 Å². The quantitative estimate of drug-likeness (QED) is 0.706. The van der Waals surface area contributed by atoms with Gasteiger partial charge in [-0.2, -0.15) is 5.10 Å². The summed E-state index contributed by atoms with van der Waals surface area (Å²) in [6, 6.07) is 8.06. The van der Waals surface area contributed by atoms with E-state index in [1.54, 1.807) is 10.9 Å². The van der Waals surface area contributed by atoms with E-state index >= 15 is 0 Å². The molecule has 0 saturated heterocycles. The minimum Gasteiger partial charge on any atom is -0.281 e. The average molecular weight is 350 g/mol. The molecule has 2 aromatic heterocycles. The summed E-state index contributed by atoms with van der Waals surface area (Å²) < 4.78 is 1.78. The fraction of sp³-hybridized carbons (Fsp3) is 0.368. The Morgan fingerprint density at radius 3 is 2.85 bits per heavy atom. The maximum Gasteiger partial charge on any atom is 0.241 e. The van der Waals surface area contributed by atoms with Crippen molar-refractivity contribution in [2.45, 2.75) is 39.0 Å². The van der Waals surface area contributed by atoms with Gasteiger partial charge in [0.15, 0.2) is 11.5 Å². The molecule has 4 rings (SSSR count). The third-order valence-electron chi connectivity index (χ3n) is 4.89. The molecule has 0 radical (unpaired) electrons. The summed E-state index contributed by atoms with van der Waals surface area (Å²) in [5, 5.41) is 5.21. The van der Waals surface area contributed by atoms with Crippen LogP contribution < -0.4 is 10.9 Å². The molecule has 1 aliphatic rings. The molecule has 1 aromatic carbocycles. The normalized spacial score (nSPS) is 15.1. The topological polar surface area (TPSA) is 84.7 Å². The maximum absolute atomic E-state index is 12.3. The Morgan fingerprint density at radius 1 is 1.19 bits per heavy atom. The van der Waals surface area contributed by atoms with Crippen LogP contribution in [0, 0.1) is 12.8 Å². The number of aryl methyl sites for hydroxylation is 1. The van der Waals surface area contributed by atoms with Crippen molar-refractivity contribution in [3.8, 4) is 5.69 Å². The van der Waals surface area contributed by atoms with Crippen molar-refractivity contribution in [3.05, 3.63) is 42.4 Å². The van der Waals surface area contributed by atoms with Gasteiger partial charge in [0.2, 0.25) is 5.91 Å². The SMILES string of the molecule is Cc1cccc(-n2ncc3c(NNC(=O)C4CCCCC4)ncnc32)c1. The Labute approximate surface area is 151 Å². The predicted molar refractivity (Wildman–Crippen MR) is 99.7 cm³/mol. The van der Waals surface area contributed by atoms with Gasteiger partial charge in [-0.25, -0.2) is 14.6 Å². The molecule has 26 heavy (non-hydrogen) atoms. The highest BCUT2D eigenvalue weighted by atomic mass is 16.2. The molecule has 7 heteroatoms. The van der Waals surface area contributed by atoms with Crippen LogP contribution in [-0.2, 0) is 4.79 Å². The van der Waals surface area contributed by atoms with Gasteiger partial charge in [0.25, 0.3) is 0 Å². The lowest BCUT2D eigenvalue weighted by Gasteiger charge is -2.21. The zero-order valence-corrected chi connectivity index (χ0v) is 14.8. The van der Waals surface area contributed by atoms with Crippen molar-refractivity contribution in [2.24, 2.45) is 5.92 Å². The summed E-state index contributed by atoms with van der Waals surface area (Å²) in [6.45, 7) is 2.04. The predicted octanol–water partition coefficient (Wildman–Crippen LogP) is 3.15. The maximum atomic E-state index is 12.3. The smallest absolute Gasteiger partial charge is 0.241 e. The van der Waals surface area contributed by atoms with Gasteiger partial charge in [-0.3, -0.25) is 15.6 Å². The van der Waals surface area contributed by atoms with E-state index in [0.29, 0.717) is 11.5 Å². The Bertz CT molecular complexity index is 929. The number of rotatable bonds is 4. The summed E-state index contributed by atoms with van der Waals surface area (Å²) in [7, 11) is 0. The van der Waals surface area contributed by atoms with Crippen LogP contribution in [0.4, 0.5) is 5.82 Å². The van der Waals surface area contributed by atoms with Gasteiger partial charge < -0.3 is 0 Å². The van der Waals surface area contributed by atoms with E-state index in [0.717, 1.165) is 42.3 Å². The first-order valence-corrected chi connectivity index (χ1v) is 9.04. The molecule has 1 amide bonds. The number of hydrogen-bond acceptors (Lipinski definition) is 5. The number of nitrogens with one attached hydrogen (secondary N) is 2. The first-order chi connectivity index (χ1) is 12.7. The summed E-state index contributed by atoms with van der Waals surface area (Å²) >= 11 is 0. The number of hydrogen-bond donors (Lipinski definition) is 2. The van der Waals surface area contributed by atoms with Crippen LogP contribution in [0.1, 0.15) is 37.7 Å². The minimum atomic E-state index is 0.0301. The number of carbonyl (C=O) groups excluding carboxylic acids is 1. The lowest BCUT2D eigenvalue weighted by atomic mass is 9.89. The number of aromatic nitrogens is 4. The largest absolute Gasteiger partial charge is 0.281 e. The Morgan fingerprint density at radius 2 is 2.04 bits per heavy atom. The van der Waals surface area contributed by atoms with Gasteiger partial charge in [-0.15, -0.1) is 0 Å². The number of anilines is 1. The fourth-order valence-electron chi connectivity index (χ4n) is 3.48. The molecule has 1 aliphatic carbocycles. The monoisotopic (exact) mass is 350 g/mol. The summed E-state index contributed by atoms with van der Waals surface area (Å²) in [5.41, 5.74) is 8.55. The molecular formula is C19H22N6O. The Hall–Kier alpha value is -2.96. The van der Waals surface area contributed by atoms with Crippen molar-refractivity contribution in [1.29, 1.82) is 0 Å². The third-order valence-corrected chi connectivity index (χ3v) is 4.89. The molecular weight excluding hydrogens is 328 g/mol. The van der Waals surface area contributed by atoms with Crippen LogP contribution in [0.25, 0.3) is 16.7 Å². The van der Waals surface area contributed by atoms with Gasteiger partial charge in [-0.1, -0.05) is 31.4 Å². The number of nitrogens with zero attached hydrogens (tertiary/aromatic N) is 4. The fourth-order valence-corrected chi connectivity index (χ4v) is 3.48. The minimum absolute atomic E-state index is 0.0301. The van der Waals surface area contributed by atoms with E-state index < -0.39 is 0 Å². The highest BCUT2D eigenvalue weighted by molar-refractivity contribution is 5.88. The molecule has 0 atom stereocenters. The standard InChI is InChI=1S/C19H22N6O/c1-13-6-5-9-15(10-13)25-18-16(11-22-25)17(20-12-21-18)23-24-19(26)14-7-3-2-4-8-14/h5-6,9-12,14H,2-4,7-8H2,1H3,(H,24,26)(H,20,21,23). The number of amides is 1. The summed E-state index contributed by atoms with van der Waals surface area (Å²) in [6.07, 6.45) is 8.58. The van der Waals surface area contributed by atoms with Crippen LogP contribution in [-0.4, -0.2) is 25.7 Å². The van der Waals surface area contributed by atoms with Crippen molar-refractivity contribution < 1.29 is 4.79 Å². The zero-order chi connectivity index (χ0) is 17.9. The van der Waals surface area contributed by atoms with Crippen molar-refractivity contribution >= 4 is 22.8 Å². The first kappa shape index (κ1) is 16.5. The molecule has 2 N–H and O–H groups in total. The Kier molecular flexibility index (Phi) is 4.51. The van der Waals surface area contributed by atoms with E-state index in [-0.39, 0.29) is 11.8 Å². The van der Waals surface area contributed by atoms with Gasteiger partial charge in [0, 0.05) is 5.92 Å². The van der Waals surface area contributed by atoms with E-state index in [1.807, 2.05) is 31.2 Å². The molecule has 0 spiro atoms. The second-order valence-electron chi connectivity index (χ2n) is 6.80. The number of benzene rings is 1. The number of hydrazine groups is 1. The van der Waals surface area contributed by atoms with Gasteiger partial charge in [0.05, 0.1) is 17.3 Å². The van der Waals surface area contributed by atoms with Crippen molar-refractivity contribution in [2.75, 3.05) is 5.43 Å². The molecule has 7 nitrogen and oxygen atoms in total. The highest BCUT2D eigenvalue weighted by Gasteiger charge is 2.21. The van der Waals surface area contributed by atoms with E-state index in [4.69, 9.17) is 0 Å². The number of carbonyl (C=O) groups is 1. The first-order valence-electron chi connectivity index (χ1n) is 9.04. The van der Waals surface area contributed by atoms with Gasteiger partial charge >= 0.3 is 0 Å². The van der Waals surface area contributed by atoms with Crippen molar-refractivity contribution in [3.63, 3.8) is 0 Å². The van der Waals surface area contributed by atoms with E-state index in [1.165, 1.54) is 12.7 Å². The van der Waals surface area contributed by atoms with Gasteiger partial charge in [0.1, 0.15) is 6.33 Å². The molecule has 0 unspecified atom stereocenters. The number of fused-ring (bicyclic) bond motifs is 1. The average Bonchev–Trinajstić information content (AvgIpc) is 3.11. The van der Waals surface area contributed by atoms with E-state index in [9.17, 15) is 4.79 Å². The van der Waals surface area contributed by atoms with Crippen LogP contribution in [0.3, 0.4) is 0 Å². The lowest BCUT2D eigenvalue weighted by molar-refractivity contribution is -0.125. The second-order valence-corrected chi connectivity index (χ2v) is 6.80. The molecule has 134 valence electrons. The zero-order valence-electron chi connectivity index (χ0n) is 14.8. The van der Waals surface area contributed by atoms with E-state index in [2.05, 4.69) is 25.9 Å².